The molecule has 5 heteroatoms. The predicted molar refractivity (Wildman–Crippen MR) is 66.3 cm³/mol. The van der Waals surface area contributed by atoms with Crippen molar-refractivity contribution in [3.63, 3.8) is 0 Å². The molecule has 0 aromatic carbocycles. The summed E-state index contributed by atoms with van der Waals surface area (Å²) in [6, 6.07) is 0. The Morgan fingerprint density at radius 1 is 1.33 bits per heavy atom. The fourth-order valence-electron chi connectivity index (χ4n) is 2.81. The molecule has 0 spiro atoms. The van der Waals surface area contributed by atoms with Gasteiger partial charge >= 0.3 is 0 Å². The summed E-state index contributed by atoms with van der Waals surface area (Å²) in [7, 11) is 0. The Labute approximate surface area is 107 Å². The van der Waals surface area contributed by atoms with Crippen LogP contribution < -0.4 is 5.32 Å². The third-order valence-corrected chi connectivity index (χ3v) is 4.06. The molecule has 2 aliphatic heterocycles. The fourth-order valence-corrected chi connectivity index (χ4v) is 2.81. The summed E-state index contributed by atoms with van der Waals surface area (Å²) in [4.78, 5) is 4.61. The number of nitrogens with zero attached hydrogens (tertiary/aromatic N) is 2. The molecule has 1 aromatic heterocycles. The van der Waals surface area contributed by atoms with Crippen LogP contribution in [0.25, 0.3) is 0 Å². The zero-order chi connectivity index (χ0) is 12.4. The monoisotopic (exact) mass is 251 g/mol. The Hall–Kier alpha value is -0.940. The number of aromatic nitrogens is 2. The Morgan fingerprint density at radius 2 is 2.28 bits per heavy atom. The molecule has 1 N–H and O–H groups in total. The van der Waals surface area contributed by atoms with Gasteiger partial charge in [0.1, 0.15) is 0 Å². The number of nitrogens with one attached hydrogen (secondary N) is 1. The summed E-state index contributed by atoms with van der Waals surface area (Å²) in [6.07, 6.45) is 5.70. The highest BCUT2D eigenvalue weighted by Crippen LogP contribution is 2.30. The Morgan fingerprint density at radius 3 is 3.00 bits per heavy atom. The first-order chi connectivity index (χ1) is 8.78. The van der Waals surface area contributed by atoms with Gasteiger partial charge in [-0.3, -0.25) is 0 Å². The van der Waals surface area contributed by atoms with Crippen molar-refractivity contribution in [1.29, 1.82) is 0 Å². The fraction of sp³-hybridized carbons (Fsp3) is 0.846. The first-order valence-electron chi connectivity index (χ1n) is 6.95. The van der Waals surface area contributed by atoms with Crippen LogP contribution in [0.4, 0.5) is 0 Å². The van der Waals surface area contributed by atoms with Gasteiger partial charge in [-0.15, -0.1) is 0 Å². The molecule has 5 nitrogen and oxygen atoms in total. The molecule has 1 aromatic rings. The minimum absolute atomic E-state index is 0.140. The summed E-state index contributed by atoms with van der Waals surface area (Å²) in [5, 5.41) is 7.65. The number of hydrogen-bond donors (Lipinski definition) is 1. The highest BCUT2D eigenvalue weighted by atomic mass is 16.5. The van der Waals surface area contributed by atoms with Gasteiger partial charge in [-0.2, -0.15) is 4.98 Å². The van der Waals surface area contributed by atoms with Gasteiger partial charge in [-0.05, 0) is 45.6 Å². The van der Waals surface area contributed by atoms with Crippen molar-refractivity contribution in [3.8, 4) is 0 Å². The van der Waals surface area contributed by atoms with Crippen molar-refractivity contribution in [2.45, 2.75) is 50.5 Å². The zero-order valence-electron chi connectivity index (χ0n) is 10.9. The normalized spacial score (nSPS) is 33.5. The summed E-state index contributed by atoms with van der Waals surface area (Å²) < 4.78 is 11.0. The third-order valence-electron chi connectivity index (χ3n) is 4.06. The minimum Gasteiger partial charge on any atom is -0.381 e. The van der Waals surface area contributed by atoms with E-state index >= 15 is 0 Å². The molecule has 0 amide bonds. The van der Waals surface area contributed by atoms with Crippen LogP contribution in [0.2, 0.25) is 0 Å². The Kier molecular flexibility index (Phi) is 3.35. The molecule has 2 unspecified atom stereocenters. The van der Waals surface area contributed by atoms with Crippen molar-refractivity contribution in [3.05, 3.63) is 11.7 Å². The SMILES string of the molecule is CC1(c2nc(C3CCCOC3)no2)CCCCN1. The molecule has 3 heterocycles. The molecule has 2 aliphatic rings. The van der Waals surface area contributed by atoms with Crippen LogP contribution in [0.5, 0.6) is 0 Å². The average molecular weight is 251 g/mol. The van der Waals surface area contributed by atoms with Gasteiger partial charge < -0.3 is 14.6 Å². The van der Waals surface area contributed by atoms with Crippen molar-refractivity contribution < 1.29 is 9.26 Å². The molecule has 2 fully saturated rings. The third kappa shape index (κ3) is 2.29. The average Bonchev–Trinajstić information content (AvgIpc) is 2.91. The smallest absolute Gasteiger partial charge is 0.246 e. The number of ether oxygens (including phenoxy) is 1. The molecule has 3 rings (SSSR count). The van der Waals surface area contributed by atoms with Crippen LogP contribution in [0, 0.1) is 0 Å². The van der Waals surface area contributed by atoms with Crippen molar-refractivity contribution in [2.75, 3.05) is 19.8 Å². The van der Waals surface area contributed by atoms with Crippen molar-refractivity contribution >= 4 is 0 Å². The van der Waals surface area contributed by atoms with Gasteiger partial charge in [-0.25, -0.2) is 0 Å². The van der Waals surface area contributed by atoms with Gasteiger partial charge in [0.2, 0.25) is 5.89 Å². The largest absolute Gasteiger partial charge is 0.381 e. The summed E-state index contributed by atoms with van der Waals surface area (Å²) in [6.45, 7) is 4.77. The van der Waals surface area contributed by atoms with Crippen LogP contribution in [0.1, 0.15) is 56.7 Å². The summed E-state index contributed by atoms with van der Waals surface area (Å²) in [5.74, 6) is 1.87. The lowest BCUT2D eigenvalue weighted by Gasteiger charge is -2.31. The van der Waals surface area contributed by atoms with E-state index in [1.807, 2.05) is 0 Å². The van der Waals surface area contributed by atoms with Crippen LogP contribution in [-0.4, -0.2) is 29.9 Å². The van der Waals surface area contributed by atoms with E-state index in [2.05, 4.69) is 22.4 Å². The maximum atomic E-state index is 5.48. The minimum atomic E-state index is -0.140. The van der Waals surface area contributed by atoms with Crippen LogP contribution in [0.3, 0.4) is 0 Å². The molecule has 0 saturated carbocycles. The number of rotatable bonds is 2. The number of piperidine rings is 1. The van der Waals surface area contributed by atoms with Crippen LogP contribution in [-0.2, 0) is 10.3 Å². The second-order valence-corrected chi connectivity index (χ2v) is 5.59. The molecule has 0 aliphatic carbocycles. The quantitative estimate of drug-likeness (QED) is 0.870. The standard InChI is InChI=1S/C13H21N3O2/c1-13(6-2-3-7-14-13)12-15-11(16-18-12)10-5-4-8-17-9-10/h10,14H,2-9H2,1H3. The zero-order valence-corrected chi connectivity index (χ0v) is 10.9. The maximum Gasteiger partial charge on any atom is 0.246 e. The van der Waals surface area contributed by atoms with Crippen molar-refractivity contribution in [1.82, 2.24) is 15.5 Å². The topological polar surface area (TPSA) is 60.2 Å². The summed E-state index contributed by atoms with van der Waals surface area (Å²) >= 11 is 0. The van der Waals surface area contributed by atoms with Gasteiger partial charge in [0.05, 0.1) is 12.1 Å². The van der Waals surface area contributed by atoms with E-state index in [1.165, 1.54) is 12.8 Å². The van der Waals surface area contributed by atoms with Gasteiger partial charge in [0.25, 0.3) is 0 Å². The van der Waals surface area contributed by atoms with E-state index in [1.54, 1.807) is 0 Å². The van der Waals surface area contributed by atoms with Gasteiger partial charge in [0, 0.05) is 12.5 Å². The molecule has 0 bridgehead atoms. The molecule has 18 heavy (non-hydrogen) atoms. The number of hydrogen-bond acceptors (Lipinski definition) is 5. The molecular formula is C13H21N3O2. The highest BCUT2D eigenvalue weighted by molar-refractivity contribution is 5.05. The van der Waals surface area contributed by atoms with Crippen molar-refractivity contribution in [2.24, 2.45) is 0 Å². The second kappa shape index (κ2) is 4.97. The van der Waals surface area contributed by atoms with Crippen LogP contribution in [0.15, 0.2) is 4.52 Å². The predicted octanol–water partition coefficient (Wildman–Crippen LogP) is 1.95. The molecule has 2 saturated heterocycles. The summed E-state index contributed by atoms with van der Waals surface area (Å²) in [5.41, 5.74) is -0.140. The van der Waals surface area contributed by atoms with E-state index in [4.69, 9.17) is 9.26 Å². The first-order valence-corrected chi connectivity index (χ1v) is 6.95. The first kappa shape index (κ1) is 12.1. The lowest BCUT2D eigenvalue weighted by molar-refractivity contribution is 0.0773. The molecular weight excluding hydrogens is 230 g/mol. The van der Waals surface area contributed by atoms with Crippen LogP contribution >= 0.6 is 0 Å². The van der Waals surface area contributed by atoms with E-state index in [0.29, 0.717) is 5.92 Å². The molecule has 100 valence electrons. The second-order valence-electron chi connectivity index (χ2n) is 5.59. The van der Waals surface area contributed by atoms with E-state index < -0.39 is 0 Å². The van der Waals surface area contributed by atoms with E-state index in [9.17, 15) is 0 Å². The van der Waals surface area contributed by atoms with Gasteiger partial charge in [0.15, 0.2) is 5.82 Å². The Balaban J connectivity index is 1.75. The molecule has 2 atom stereocenters. The lowest BCUT2D eigenvalue weighted by atomic mass is 9.91. The molecule has 0 radical (unpaired) electrons. The lowest BCUT2D eigenvalue weighted by Crippen LogP contribution is -2.43. The highest BCUT2D eigenvalue weighted by Gasteiger charge is 2.35. The Bertz CT molecular complexity index is 393. The van der Waals surface area contributed by atoms with E-state index in [0.717, 1.165) is 50.7 Å². The van der Waals surface area contributed by atoms with Gasteiger partial charge in [-0.1, -0.05) is 5.16 Å². The van der Waals surface area contributed by atoms with E-state index in [-0.39, 0.29) is 5.54 Å². The maximum absolute atomic E-state index is 5.48.